The molecule has 2 aromatic rings. The molecule has 31 heavy (non-hydrogen) atoms. The molecule has 164 valence electrons. The Morgan fingerprint density at radius 3 is 2.61 bits per heavy atom. The highest BCUT2D eigenvalue weighted by Gasteiger charge is 2.29. The lowest BCUT2D eigenvalue weighted by Crippen LogP contribution is -2.46. The number of pyridine rings is 1. The molecule has 2 fully saturated rings. The third-order valence-electron chi connectivity index (χ3n) is 6.53. The van der Waals surface area contributed by atoms with Crippen LogP contribution in [0.5, 0.6) is 5.88 Å². The molecular weight excluding hydrogens is 396 g/mol. The van der Waals surface area contributed by atoms with Crippen molar-refractivity contribution in [3.63, 3.8) is 0 Å². The third kappa shape index (κ3) is 3.78. The van der Waals surface area contributed by atoms with E-state index in [-0.39, 0.29) is 11.7 Å². The zero-order valence-electron chi connectivity index (χ0n) is 18.0. The van der Waals surface area contributed by atoms with Gasteiger partial charge < -0.3 is 14.4 Å². The van der Waals surface area contributed by atoms with Gasteiger partial charge in [-0.1, -0.05) is 6.42 Å². The van der Waals surface area contributed by atoms with E-state index in [4.69, 9.17) is 9.47 Å². The first-order valence-corrected chi connectivity index (χ1v) is 11.0. The molecule has 1 saturated heterocycles. The molecule has 0 N–H and O–H groups in total. The van der Waals surface area contributed by atoms with Crippen LogP contribution < -0.4 is 15.2 Å². The highest BCUT2D eigenvalue weighted by atomic mass is 16.5. The molecule has 5 rings (SSSR count). The summed E-state index contributed by atoms with van der Waals surface area (Å²) in [6.07, 6.45) is 11.5. The van der Waals surface area contributed by atoms with Crippen LogP contribution in [-0.4, -0.2) is 64.7 Å². The summed E-state index contributed by atoms with van der Waals surface area (Å²) in [7, 11) is 3.22. The van der Waals surface area contributed by atoms with E-state index in [0.717, 1.165) is 32.0 Å². The standard InChI is InChI=1S/C22H28N6O3/c1-26-21(29)17-6-10-23-20(30-2)19(17)25-22(26)28-13-9-18(24-14-28)31-16-7-11-27(12-8-16)15-4-3-5-15/h6,9-10,14-16H,3-5,7-8,11-13H2,1-2H3. The Morgan fingerprint density at radius 1 is 1.16 bits per heavy atom. The monoisotopic (exact) mass is 424 g/mol. The molecular formula is C22H28N6O3. The number of likely N-dealkylation sites (tertiary alicyclic amines) is 1. The van der Waals surface area contributed by atoms with E-state index in [1.807, 2.05) is 11.0 Å². The third-order valence-corrected chi connectivity index (χ3v) is 6.53. The number of fused-ring (bicyclic) bond motifs is 1. The fraction of sp³-hybridized carbons (Fsp3) is 0.545. The number of aromatic nitrogens is 3. The molecule has 0 atom stereocenters. The van der Waals surface area contributed by atoms with E-state index < -0.39 is 0 Å². The number of ether oxygens (including phenoxy) is 2. The van der Waals surface area contributed by atoms with Crippen molar-refractivity contribution in [3.8, 4) is 5.88 Å². The van der Waals surface area contributed by atoms with E-state index in [0.29, 0.717) is 35.2 Å². The number of nitrogens with zero attached hydrogens (tertiary/aromatic N) is 6. The van der Waals surface area contributed by atoms with Gasteiger partial charge in [-0.2, -0.15) is 0 Å². The molecule has 9 nitrogen and oxygen atoms in total. The lowest BCUT2D eigenvalue weighted by Gasteiger charge is -2.41. The number of methoxy groups -OCH3 is 1. The number of aliphatic imine (C=N–C) groups is 1. The summed E-state index contributed by atoms with van der Waals surface area (Å²) in [6, 6.07) is 2.46. The molecule has 4 heterocycles. The zero-order chi connectivity index (χ0) is 21.4. The zero-order valence-corrected chi connectivity index (χ0v) is 18.0. The minimum absolute atomic E-state index is 0.154. The van der Waals surface area contributed by atoms with Crippen LogP contribution in [0.1, 0.15) is 32.1 Å². The summed E-state index contributed by atoms with van der Waals surface area (Å²) < 4.78 is 13.0. The highest BCUT2D eigenvalue weighted by molar-refractivity contribution is 5.85. The fourth-order valence-corrected chi connectivity index (χ4v) is 4.46. The molecule has 0 bridgehead atoms. The maximum Gasteiger partial charge on any atom is 0.262 e. The van der Waals surface area contributed by atoms with Gasteiger partial charge in [0.1, 0.15) is 18.0 Å². The smallest absolute Gasteiger partial charge is 0.262 e. The van der Waals surface area contributed by atoms with Gasteiger partial charge in [0.2, 0.25) is 17.7 Å². The maximum atomic E-state index is 12.8. The molecule has 9 heteroatoms. The van der Waals surface area contributed by atoms with Gasteiger partial charge in [-0.25, -0.2) is 15.0 Å². The average molecular weight is 425 g/mol. The summed E-state index contributed by atoms with van der Waals surface area (Å²) in [5.74, 6) is 1.46. The van der Waals surface area contributed by atoms with Gasteiger partial charge in [-0.3, -0.25) is 14.3 Å². The van der Waals surface area contributed by atoms with Crippen molar-refractivity contribution in [1.82, 2.24) is 19.4 Å². The second-order valence-corrected chi connectivity index (χ2v) is 8.37. The molecule has 0 spiro atoms. The Morgan fingerprint density at radius 2 is 1.97 bits per heavy atom. The highest BCUT2D eigenvalue weighted by Crippen LogP contribution is 2.29. The molecule has 0 radical (unpaired) electrons. The Hall–Kier alpha value is -2.94. The first kappa shape index (κ1) is 20.0. The van der Waals surface area contributed by atoms with Crippen molar-refractivity contribution < 1.29 is 9.47 Å². The van der Waals surface area contributed by atoms with Crippen molar-refractivity contribution in [2.75, 3.05) is 31.6 Å². The minimum atomic E-state index is -0.154. The summed E-state index contributed by atoms with van der Waals surface area (Å²) in [5.41, 5.74) is 0.291. The van der Waals surface area contributed by atoms with Crippen molar-refractivity contribution in [2.24, 2.45) is 12.0 Å². The van der Waals surface area contributed by atoms with Crippen LogP contribution in [0.25, 0.3) is 10.9 Å². The number of hydrogen-bond donors (Lipinski definition) is 0. The summed E-state index contributed by atoms with van der Waals surface area (Å²) in [5, 5.41) is 0.472. The number of hydrogen-bond acceptors (Lipinski definition) is 8. The predicted octanol–water partition coefficient (Wildman–Crippen LogP) is 2.06. The summed E-state index contributed by atoms with van der Waals surface area (Å²) >= 11 is 0. The normalized spacial score (nSPS) is 20.6. The van der Waals surface area contributed by atoms with Gasteiger partial charge >= 0.3 is 0 Å². The number of piperidine rings is 1. The Labute approximate surface area is 181 Å². The first-order valence-electron chi connectivity index (χ1n) is 11.0. The lowest BCUT2D eigenvalue weighted by atomic mass is 9.90. The van der Waals surface area contributed by atoms with Gasteiger partial charge in [0.15, 0.2) is 0 Å². The molecule has 1 saturated carbocycles. The van der Waals surface area contributed by atoms with Gasteiger partial charge in [-0.15, -0.1) is 0 Å². The van der Waals surface area contributed by atoms with Crippen LogP contribution in [0.4, 0.5) is 5.95 Å². The summed E-state index contributed by atoms with van der Waals surface area (Å²) in [4.78, 5) is 30.5. The molecule has 1 aliphatic carbocycles. The van der Waals surface area contributed by atoms with Crippen LogP contribution in [-0.2, 0) is 11.8 Å². The number of anilines is 1. The van der Waals surface area contributed by atoms with Crippen LogP contribution in [0, 0.1) is 0 Å². The molecule has 2 aromatic heterocycles. The van der Waals surface area contributed by atoms with E-state index in [1.54, 1.807) is 25.6 Å². The van der Waals surface area contributed by atoms with E-state index in [9.17, 15) is 4.79 Å². The summed E-state index contributed by atoms with van der Waals surface area (Å²) in [6.45, 7) is 2.74. The van der Waals surface area contributed by atoms with Crippen LogP contribution in [0.2, 0.25) is 0 Å². The first-order chi connectivity index (χ1) is 15.1. The van der Waals surface area contributed by atoms with Crippen LogP contribution >= 0.6 is 0 Å². The number of rotatable bonds is 5. The molecule has 3 aliphatic rings. The van der Waals surface area contributed by atoms with Crippen molar-refractivity contribution in [3.05, 3.63) is 34.6 Å². The van der Waals surface area contributed by atoms with Gasteiger partial charge in [0.05, 0.1) is 19.0 Å². The second-order valence-electron chi connectivity index (χ2n) is 8.37. The Balaban J connectivity index is 1.27. The second kappa shape index (κ2) is 8.30. The molecule has 2 aliphatic heterocycles. The lowest BCUT2D eigenvalue weighted by molar-refractivity contribution is 0.0185. The topological polar surface area (TPSA) is 85.1 Å². The van der Waals surface area contributed by atoms with Gasteiger partial charge in [0.25, 0.3) is 5.56 Å². The Kier molecular flexibility index (Phi) is 5.35. The van der Waals surface area contributed by atoms with E-state index in [1.165, 1.54) is 30.9 Å². The quantitative estimate of drug-likeness (QED) is 0.726. The fourth-order valence-electron chi connectivity index (χ4n) is 4.46. The average Bonchev–Trinajstić information content (AvgIpc) is 2.76. The molecule has 0 unspecified atom stereocenters. The van der Waals surface area contributed by atoms with Crippen molar-refractivity contribution in [1.29, 1.82) is 0 Å². The van der Waals surface area contributed by atoms with E-state index >= 15 is 0 Å². The SMILES string of the molecule is COc1nccc2c(=O)n(C)c(N3C=NC(OC4CCN(C5CCC5)CC4)=CC3)nc12. The molecule has 0 amide bonds. The van der Waals surface area contributed by atoms with Gasteiger partial charge in [0, 0.05) is 32.4 Å². The van der Waals surface area contributed by atoms with Crippen molar-refractivity contribution >= 4 is 23.2 Å². The van der Waals surface area contributed by atoms with Crippen LogP contribution in [0.3, 0.4) is 0 Å². The maximum absolute atomic E-state index is 12.8. The van der Waals surface area contributed by atoms with Crippen molar-refractivity contribution in [2.45, 2.75) is 44.2 Å². The van der Waals surface area contributed by atoms with E-state index in [2.05, 4.69) is 19.9 Å². The minimum Gasteiger partial charge on any atom is -0.479 e. The molecule has 0 aromatic carbocycles. The largest absolute Gasteiger partial charge is 0.479 e. The Bertz CT molecular complexity index is 1080. The predicted molar refractivity (Wildman–Crippen MR) is 119 cm³/mol. The van der Waals surface area contributed by atoms with Gasteiger partial charge in [-0.05, 0) is 37.8 Å². The van der Waals surface area contributed by atoms with Crippen LogP contribution in [0.15, 0.2) is 34.0 Å².